The summed E-state index contributed by atoms with van der Waals surface area (Å²) in [6.07, 6.45) is 3.53. The van der Waals surface area contributed by atoms with E-state index in [0.29, 0.717) is 19.6 Å². The average molecular weight is 346 g/mol. The Morgan fingerprint density at radius 3 is 2.74 bits per heavy atom. The summed E-state index contributed by atoms with van der Waals surface area (Å²) >= 11 is 0. The molecule has 1 aliphatic carbocycles. The molecule has 134 valence electrons. The SMILES string of the molecule is CCNC(=NCCCOCC1CC1)N1CCS(=O)(=O)C(C)(C)C1. The summed E-state index contributed by atoms with van der Waals surface area (Å²) in [5, 5.41) is 3.28. The highest BCUT2D eigenvalue weighted by Crippen LogP contribution is 2.28. The van der Waals surface area contributed by atoms with E-state index in [4.69, 9.17) is 4.74 Å². The highest BCUT2D eigenvalue weighted by Gasteiger charge is 2.40. The van der Waals surface area contributed by atoms with Gasteiger partial charge in [-0.25, -0.2) is 8.42 Å². The third-order valence-electron chi connectivity index (χ3n) is 4.44. The van der Waals surface area contributed by atoms with Crippen molar-refractivity contribution in [3.05, 3.63) is 0 Å². The monoisotopic (exact) mass is 345 g/mol. The Labute approximate surface area is 140 Å². The van der Waals surface area contributed by atoms with Crippen molar-refractivity contribution >= 4 is 15.8 Å². The van der Waals surface area contributed by atoms with Crippen molar-refractivity contribution in [2.45, 2.75) is 44.8 Å². The van der Waals surface area contributed by atoms with Gasteiger partial charge >= 0.3 is 0 Å². The fourth-order valence-corrected chi connectivity index (χ4v) is 4.00. The maximum atomic E-state index is 12.1. The molecule has 0 aromatic carbocycles. The van der Waals surface area contributed by atoms with Gasteiger partial charge in [0.25, 0.3) is 0 Å². The minimum absolute atomic E-state index is 0.189. The highest BCUT2D eigenvalue weighted by molar-refractivity contribution is 7.92. The topological polar surface area (TPSA) is 71.0 Å². The number of aliphatic imine (C=N–C) groups is 1. The van der Waals surface area contributed by atoms with E-state index >= 15 is 0 Å². The number of hydrogen-bond donors (Lipinski definition) is 1. The van der Waals surface area contributed by atoms with Crippen LogP contribution in [0.25, 0.3) is 0 Å². The van der Waals surface area contributed by atoms with Crippen LogP contribution in [0.15, 0.2) is 4.99 Å². The first-order valence-electron chi connectivity index (χ1n) is 8.69. The fourth-order valence-electron chi connectivity index (χ4n) is 2.64. The molecule has 2 fully saturated rings. The first kappa shape index (κ1) is 18.5. The van der Waals surface area contributed by atoms with Crippen molar-refractivity contribution in [1.82, 2.24) is 10.2 Å². The molecule has 0 bridgehead atoms. The van der Waals surface area contributed by atoms with Gasteiger partial charge in [-0.2, -0.15) is 0 Å². The van der Waals surface area contributed by atoms with Gasteiger partial charge in [0.2, 0.25) is 0 Å². The molecule has 2 aliphatic rings. The Morgan fingerprint density at radius 1 is 1.39 bits per heavy atom. The molecular weight excluding hydrogens is 314 g/mol. The summed E-state index contributed by atoms with van der Waals surface area (Å²) in [6, 6.07) is 0. The Hall–Kier alpha value is -0.820. The molecule has 0 radical (unpaired) electrons. The second kappa shape index (κ2) is 7.83. The van der Waals surface area contributed by atoms with Crippen molar-refractivity contribution in [3.8, 4) is 0 Å². The molecule has 1 saturated carbocycles. The highest BCUT2D eigenvalue weighted by atomic mass is 32.2. The van der Waals surface area contributed by atoms with Crippen LogP contribution in [0.3, 0.4) is 0 Å². The molecule has 23 heavy (non-hydrogen) atoms. The van der Waals surface area contributed by atoms with Gasteiger partial charge in [0.05, 0.1) is 10.5 Å². The van der Waals surface area contributed by atoms with Crippen LogP contribution in [0, 0.1) is 5.92 Å². The number of nitrogens with one attached hydrogen (secondary N) is 1. The fraction of sp³-hybridized carbons (Fsp3) is 0.938. The number of sulfone groups is 1. The standard InChI is InChI=1S/C16H31N3O3S/c1-4-17-15(18-8-5-10-22-12-14-6-7-14)19-9-11-23(20,21)16(2,3)13-19/h14H,4-13H2,1-3H3,(H,17,18). The van der Waals surface area contributed by atoms with Gasteiger partial charge in [-0.1, -0.05) is 0 Å². The molecule has 0 amide bonds. The molecular formula is C16H31N3O3S. The van der Waals surface area contributed by atoms with Crippen LogP contribution in [0.2, 0.25) is 0 Å². The maximum Gasteiger partial charge on any atom is 0.193 e. The summed E-state index contributed by atoms with van der Waals surface area (Å²) in [7, 11) is -3.02. The lowest BCUT2D eigenvalue weighted by molar-refractivity contribution is 0.123. The summed E-state index contributed by atoms with van der Waals surface area (Å²) in [5.74, 6) is 1.81. The van der Waals surface area contributed by atoms with Gasteiger partial charge in [-0.15, -0.1) is 0 Å². The van der Waals surface area contributed by atoms with E-state index < -0.39 is 14.6 Å². The van der Waals surface area contributed by atoms with Crippen LogP contribution >= 0.6 is 0 Å². The summed E-state index contributed by atoms with van der Waals surface area (Å²) < 4.78 is 29.1. The largest absolute Gasteiger partial charge is 0.381 e. The summed E-state index contributed by atoms with van der Waals surface area (Å²) in [5.41, 5.74) is 0. The van der Waals surface area contributed by atoms with Crippen molar-refractivity contribution in [2.75, 3.05) is 45.1 Å². The third kappa shape index (κ3) is 5.35. The molecule has 0 aromatic heterocycles. The van der Waals surface area contributed by atoms with Crippen LogP contribution < -0.4 is 5.32 Å². The quantitative estimate of drug-likeness (QED) is 0.427. The smallest absolute Gasteiger partial charge is 0.193 e. The third-order valence-corrected chi connectivity index (χ3v) is 6.97. The van der Waals surface area contributed by atoms with E-state index in [0.717, 1.165) is 38.1 Å². The Bertz CT molecular complexity index is 513. The van der Waals surface area contributed by atoms with E-state index in [9.17, 15) is 8.42 Å². The molecule has 0 aromatic rings. The minimum Gasteiger partial charge on any atom is -0.381 e. The summed E-state index contributed by atoms with van der Waals surface area (Å²) in [4.78, 5) is 6.70. The second-order valence-electron chi connectivity index (χ2n) is 7.11. The van der Waals surface area contributed by atoms with Gasteiger partial charge < -0.3 is 15.0 Å². The van der Waals surface area contributed by atoms with Crippen LogP contribution in [0.5, 0.6) is 0 Å². The molecule has 0 spiro atoms. The molecule has 7 heteroatoms. The molecule has 1 heterocycles. The van der Waals surface area contributed by atoms with Gasteiger partial charge in [-0.3, -0.25) is 4.99 Å². The van der Waals surface area contributed by atoms with E-state index in [-0.39, 0.29) is 5.75 Å². The van der Waals surface area contributed by atoms with Gasteiger partial charge in [0.1, 0.15) is 0 Å². The normalized spacial score (nSPS) is 23.8. The molecule has 1 saturated heterocycles. The van der Waals surface area contributed by atoms with Crippen molar-refractivity contribution < 1.29 is 13.2 Å². The van der Waals surface area contributed by atoms with Crippen LogP contribution in [0.1, 0.15) is 40.0 Å². The lowest BCUT2D eigenvalue weighted by atomic mass is 10.2. The average Bonchev–Trinajstić information content (AvgIpc) is 3.29. The number of hydrogen-bond acceptors (Lipinski definition) is 4. The maximum absolute atomic E-state index is 12.1. The molecule has 6 nitrogen and oxygen atoms in total. The van der Waals surface area contributed by atoms with Crippen molar-refractivity contribution in [3.63, 3.8) is 0 Å². The Balaban J connectivity index is 1.82. The molecule has 0 atom stereocenters. The van der Waals surface area contributed by atoms with E-state index in [2.05, 4.69) is 15.2 Å². The van der Waals surface area contributed by atoms with Crippen LogP contribution in [-0.2, 0) is 14.6 Å². The van der Waals surface area contributed by atoms with Crippen molar-refractivity contribution in [1.29, 1.82) is 0 Å². The first-order valence-corrected chi connectivity index (χ1v) is 10.3. The number of ether oxygens (including phenoxy) is 1. The molecule has 0 unspecified atom stereocenters. The van der Waals surface area contributed by atoms with Crippen LogP contribution in [0.4, 0.5) is 0 Å². The lowest BCUT2D eigenvalue weighted by Gasteiger charge is -2.39. The number of nitrogens with zero attached hydrogens (tertiary/aromatic N) is 2. The zero-order chi connectivity index (χ0) is 16.9. The minimum atomic E-state index is -3.02. The molecule has 1 N–H and O–H groups in total. The van der Waals surface area contributed by atoms with Gasteiger partial charge in [0, 0.05) is 39.4 Å². The summed E-state index contributed by atoms with van der Waals surface area (Å²) in [6.45, 7) is 9.74. The predicted octanol–water partition coefficient (Wildman–Crippen LogP) is 1.28. The van der Waals surface area contributed by atoms with E-state index in [1.54, 1.807) is 13.8 Å². The second-order valence-corrected chi connectivity index (χ2v) is 9.85. The van der Waals surface area contributed by atoms with Crippen molar-refractivity contribution in [2.24, 2.45) is 10.9 Å². The molecule has 1 aliphatic heterocycles. The number of rotatable bonds is 7. The predicted molar refractivity (Wildman–Crippen MR) is 93.6 cm³/mol. The zero-order valence-corrected chi connectivity index (χ0v) is 15.5. The lowest BCUT2D eigenvalue weighted by Crippen LogP contribution is -2.57. The first-order chi connectivity index (χ1) is 10.9. The Kier molecular flexibility index (Phi) is 6.31. The van der Waals surface area contributed by atoms with Gasteiger partial charge in [0.15, 0.2) is 15.8 Å². The van der Waals surface area contributed by atoms with Crippen LogP contribution in [-0.4, -0.2) is 69.2 Å². The molecule has 2 rings (SSSR count). The number of guanidine groups is 1. The van der Waals surface area contributed by atoms with Gasteiger partial charge in [-0.05, 0) is 46.0 Å². The zero-order valence-electron chi connectivity index (χ0n) is 14.7. The van der Waals surface area contributed by atoms with E-state index in [1.807, 2.05) is 6.92 Å². The Morgan fingerprint density at radius 2 is 2.13 bits per heavy atom. The van der Waals surface area contributed by atoms with E-state index in [1.165, 1.54) is 12.8 Å².